The highest BCUT2D eigenvalue weighted by Gasteiger charge is 2.29. The Labute approximate surface area is 94.8 Å². The minimum absolute atomic E-state index is 0.318. The molecule has 1 aliphatic heterocycles. The molecule has 0 unspecified atom stereocenters. The Kier molecular flexibility index (Phi) is 4.88. The minimum atomic E-state index is -1.00. The van der Waals surface area contributed by atoms with Crippen molar-refractivity contribution in [1.82, 2.24) is 0 Å². The van der Waals surface area contributed by atoms with E-state index in [0.29, 0.717) is 6.47 Å². The molecule has 1 rings (SSSR count). The van der Waals surface area contributed by atoms with Gasteiger partial charge < -0.3 is 9.84 Å². The van der Waals surface area contributed by atoms with E-state index in [-0.39, 0.29) is 5.60 Å². The summed E-state index contributed by atoms with van der Waals surface area (Å²) in [4.78, 5) is 23.7. The van der Waals surface area contributed by atoms with Crippen LogP contribution in [0.3, 0.4) is 0 Å². The lowest BCUT2D eigenvalue weighted by Gasteiger charge is -2.14. The van der Waals surface area contributed by atoms with Gasteiger partial charge in [0.25, 0.3) is 6.47 Å². The highest BCUT2D eigenvalue weighted by atomic mass is 16.5. The van der Waals surface area contributed by atoms with Crippen LogP contribution in [0, 0.1) is 0 Å². The number of hydrogen-bond donors (Lipinski definition) is 1. The quantitative estimate of drug-likeness (QED) is 0.724. The van der Waals surface area contributed by atoms with Crippen LogP contribution in [0.25, 0.3) is 0 Å². The fourth-order valence-electron chi connectivity index (χ4n) is 0.742. The molecule has 0 amide bonds. The molecule has 0 radical (unpaired) electrons. The summed E-state index contributed by atoms with van der Waals surface area (Å²) in [5, 5.41) is 8.51. The maximum atomic E-state index is 10.4. The Morgan fingerprint density at radius 3 is 2.19 bits per heavy atom. The van der Waals surface area contributed by atoms with Crippen molar-refractivity contribution in [2.24, 2.45) is 4.99 Å². The van der Waals surface area contributed by atoms with E-state index in [1.54, 1.807) is 19.1 Å². The van der Waals surface area contributed by atoms with Gasteiger partial charge in [0.1, 0.15) is 5.60 Å². The summed E-state index contributed by atoms with van der Waals surface area (Å²) in [7, 11) is 0. The Bertz CT molecular complexity index is 300. The fourth-order valence-corrected chi connectivity index (χ4v) is 0.742. The van der Waals surface area contributed by atoms with Gasteiger partial charge in [-0.3, -0.25) is 9.79 Å². The molecule has 1 heterocycles. The number of ether oxygens (including phenoxy) is 1. The second-order valence-corrected chi connectivity index (χ2v) is 4.42. The first-order chi connectivity index (χ1) is 7.21. The van der Waals surface area contributed by atoms with Crippen molar-refractivity contribution >= 4 is 18.7 Å². The van der Waals surface area contributed by atoms with Crippen LogP contribution in [0.5, 0.6) is 0 Å². The van der Waals surface area contributed by atoms with E-state index < -0.39 is 11.5 Å². The molecule has 5 nitrogen and oxygen atoms in total. The smallest absolute Gasteiger partial charge is 0.335 e. The van der Waals surface area contributed by atoms with Crippen LogP contribution in [-0.2, 0) is 14.3 Å². The summed E-state index contributed by atoms with van der Waals surface area (Å²) < 4.78 is 4.55. The van der Waals surface area contributed by atoms with Crippen LogP contribution < -0.4 is 0 Å². The fraction of sp³-hybridized carbons (Fsp3) is 0.545. The Morgan fingerprint density at radius 2 is 2.06 bits per heavy atom. The molecule has 0 aliphatic carbocycles. The molecule has 0 spiro atoms. The van der Waals surface area contributed by atoms with Gasteiger partial charge >= 0.3 is 5.97 Å². The average molecular weight is 227 g/mol. The first-order valence-electron chi connectivity index (χ1n) is 4.79. The summed E-state index contributed by atoms with van der Waals surface area (Å²) in [6.07, 6.45) is 4.68. The normalized spacial score (nSPS) is 22.2. The van der Waals surface area contributed by atoms with Crippen molar-refractivity contribution in [3.63, 3.8) is 0 Å². The first kappa shape index (κ1) is 14.3. The van der Waals surface area contributed by atoms with Crippen molar-refractivity contribution in [2.45, 2.75) is 38.8 Å². The largest absolute Gasteiger partial charge is 0.479 e. The SMILES string of the molecule is CC(C)(C)OC=O.C[C@]1(C(=O)O)C=CC=N1. The van der Waals surface area contributed by atoms with Gasteiger partial charge in [-0.15, -0.1) is 0 Å². The van der Waals surface area contributed by atoms with Gasteiger partial charge in [0, 0.05) is 6.21 Å². The number of allylic oxidation sites excluding steroid dienone is 1. The summed E-state index contributed by atoms with van der Waals surface area (Å²) in [6.45, 7) is 7.47. The van der Waals surface area contributed by atoms with Crippen molar-refractivity contribution in [3.8, 4) is 0 Å². The first-order valence-corrected chi connectivity index (χ1v) is 4.79. The number of aliphatic carboxylic acids is 1. The zero-order valence-electron chi connectivity index (χ0n) is 9.93. The number of nitrogens with zero attached hydrogens (tertiary/aromatic N) is 1. The van der Waals surface area contributed by atoms with E-state index >= 15 is 0 Å². The standard InChI is InChI=1S/C6H7NO2.C5H10O2/c1-6(5(8)9)3-2-4-7-6;1-5(2,3)7-4-6/h2-4H,1H3,(H,8,9);4H,1-3H3/t6-;/m1./s1. The van der Waals surface area contributed by atoms with Crippen LogP contribution in [0.4, 0.5) is 0 Å². The van der Waals surface area contributed by atoms with E-state index in [4.69, 9.17) is 5.11 Å². The highest BCUT2D eigenvalue weighted by molar-refractivity contribution is 5.89. The molecular weight excluding hydrogens is 210 g/mol. The van der Waals surface area contributed by atoms with Crippen LogP contribution in [-0.4, -0.2) is 34.9 Å². The van der Waals surface area contributed by atoms with E-state index in [0.717, 1.165) is 0 Å². The third-order valence-corrected chi connectivity index (χ3v) is 1.68. The molecular formula is C11H17NO4. The summed E-state index contributed by atoms with van der Waals surface area (Å²) in [5.74, 6) is -0.910. The number of carboxylic acid groups (broad SMARTS) is 1. The van der Waals surface area contributed by atoms with E-state index in [1.165, 1.54) is 6.21 Å². The highest BCUT2D eigenvalue weighted by Crippen LogP contribution is 2.15. The number of carbonyl (C=O) groups excluding carboxylic acids is 1. The van der Waals surface area contributed by atoms with Gasteiger partial charge in [-0.05, 0) is 39.8 Å². The van der Waals surface area contributed by atoms with E-state index in [2.05, 4.69) is 9.73 Å². The maximum absolute atomic E-state index is 10.4. The third-order valence-electron chi connectivity index (χ3n) is 1.68. The van der Waals surface area contributed by atoms with Gasteiger partial charge in [-0.1, -0.05) is 0 Å². The summed E-state index contributed by atoms with van der Waals surface area (Å²) in [5.41, 5.74) is -1.32. The number of carbonyl (C=O) groups is 2. The maximum Gasteiger partial charge on any atom is 0.335 e. The summed E-state index contributed by atoms with van der Waals surface area (Å²) >= 11 is 0. The molecule has 90 valence electrons. The molecule has 0 saturated heterocycles. The molecule has 0 aromatic rings. The van der Waals surface area contributed by atoms with Crippen molar-refractivity contribution in [1.29, 1.82) is 0 Å². The lowest BCUT2D eigenvalue weighted by molar-refractivity contribution is -0.141. The monoisotopic (exact) mass is 227 g/mol. The molecule has 0 saturated carbocycles. The zero-order valence-corrected chi connectivity index (χ0v) is 9.93. The lowest BCUT2D eigenvalue weighted by Crippen LogP contribution is -2.28. The second-order valence-electron chi connectivity index (χ2n) is 4.42. The molecule has 5 heteroatoms. The van der Waals surface area contributed by atoms with Crippen molar-refractivity contribution in [3.05, 3.63) is 12.2 Å². The van der Waals surface area contributed by atoms with Gasteiger partial charge in [0.05, 0.1) is 0 Å². The third kappa shape index (κ3) is 5.29. The van der Waals surface area contributed by atoms with Gasteiger partial charge in [0.15, 0.2) is 5.54 Å². The van der Waals surface area contributed by atoms with Crippen LogP contribution in [0.2, 0.25) is 0 Å². The molecule has 0 aromatic carbocycles. The Hall–Kier alpha value is -1.65. The van der Waals surface area contributed by atoms with Gasteiger partial charge in [-0.25, -0.2) is 4.79 Å². The Morgan fingerprint density at radius 1 is 1.50 bits per heavy atom. The van der Waals surface area contributed by atoms with E-state index in [1.807, 2.05) is 20.8 Å². The molecule has 0 aromatic heterocycles. The molecule has 1 atom stereocenters. The zero-order chi connectivity index (χ0) is 12.8. The number of hydrogen-bond acceptors (Lipinski definition) is 4. The van der Waals surface area contributed by atoms with E-state index in [9.17, 15) is 9.59 Å². The van der Waals surface area contributed by atoms with Crippen molar-refractivity contribution in [2.75, 3.05) is 0 Å². The number of aliphatic imine (C=N–C) groups is 1. The molecule has 16 heavy (non-hydrogen) atoms. The Balaban J connectivity index is 0.000000293. The summed E-state index contributed by atoms with van der Waals surface area (Å²) in [6, 6.07) is 0. The van der Waals surface area contributed by atoms with Crippen LogP contribution in [0.1, 0.15) is 27.7 Å². The van der Waals surface area contributed by atoms with Crippen LogP contribution in [0.15, 0.2) is 17.1 Å². The predicted molar refractivity (Wildman–Crippen MR) is 60.6 cm³/mol. The molecule has 1 N–H and O–H groups in total. The minimum Gasteiger partial charge on any atom is -0.479 e. The second kappa shape index (κ2) is 5.44. The van der Waals surface area contributed by atoms with Gasteiger partial charge in [0.2, 0.25) is 0 Å². The van der Waals surface area contributed by atoms with Crippen molar-refractivity contribution < 1.29 is 19.4 Å². The average Bonchev–Trinajstić information content (AvgIpc) is 2.52. The molecule has 0 fully saturated rings. The van der Waals surface area contributed by atoms with Crippen LogP contribution >= 0.6 is 0 Å². The van der Waals surface area contributed by atoms with Gasteiger partial charge in [-0.2, -0.15) is 0 Å². The topological polar surface area (TPSA) is 76.0 Å². The number of rotatable bonds is 2. The molecule has 0 bridgehead atoms. The number of carboxylic acids is 1. The lowest BCUT2D eigenvalue weighted by atomic mass is 10.1. The predicted octanol–water partition coefficient (Wildman–Crippen LogP) is 1.43. The molecule has 1 aliphatic rings.